The van der Waals surface area contributed by atoms with Crippen LogP contribution in [0.5, 0.6) is 0 Å². The minimum absolute atomic E-state index is 0.173. The third kappa shape index (κ3) is 3.85. The number of nitrogens with one attached hydrogen (secondary N) is 1. The predicted octanol–water partition coefficient (Wildman–Crippen LogP) is 3.51. The second-order valence-corrected chi connectivity index (χ2v) is 6.66. The number of carboxylic acid groups (broad SMARTS) is 1. The fourth-order valence-electron chi connectivity index (χ4n) is 1.95. The Balaban J connectivity index is 2.37. The molecule has 0 bridgehead atoms. The zero-order valence-electron chi connectivity index (χ0n) is 12.3. The number of carbonyl (C=O) groups is 1. The van der Waals surface area contributed by atoms with E-state index in [1.807, 2.05) is 0 Å². The Bertz CT molecular complexity index is 875. The van der Waals surface area contributed by atoms with Crippen LogP contribution in [0.25, 0.3) is 0 Å². The van der Waals surface area contributed by atoms with Gasteiger partial charge in [-0.15, -0.1) is 0 Å². The summed E-state index contributed by atoms with van der Waals surface area (Å²) in [5, 5.41) is 9.12. The molecule has 2 N–H and O–H groups in total. The van der Waals surface area contributed by atoms with E-state index in [-0.39, 0.29) is 11.3 Å². The van der Waals surface area contributed by atoms with Crippen LogP contribution >= 0.6 is 0 Å². The van der Waals surface area contributed by atoms with E-state index in [0.29, 0.717) is 17.7 Å². The maximum atomic E-state index is 12.5. The molecule has 5 nitrogen and oxygen atoms in total. The van der Waals surface area contributed by atoms with Crippen LogP contribution in [0.1, 0.15) is 21.5 Å². The fraction of sp³-hybridized carbons (Fsp3) is 0.133. The van der Waals surface area contributed by atoms with Gasteiger partial charge in [-0.3, -0.25) is 4.72 Å². The largest absolute Gasteiger partial charge is 0.478 e. The Morgan fingerprint density at radius 1 is 1.08 bits per heavy atom. The Kier molecular flexibility index (Phi) is 4.57. The monoisotopic (exact) mass is 359 g/mol. The van der Waals surface area contributed by atoms with E-state index in [9.17, 15) is 26.4 Å². The van der Waals surface area contributed by atoms with Gasteiger partial charge in [0, 0.05) is 0 Å². The van der Waals surface area contributed by atoms with Crippen molar-refractivity contribution in [3.05, 3.63) is 59.2 Å². The molecule has 0 aliphatic carbocycles. The van der Waals surface area contributed by atoms with E-state index in [4.69, 9.17) is 5.11 Å². The van der Waals surface area contributed by atoms with Crippen LogP contribution in [-0.4, -0.2) is 19.5 Å². The number of aryl methyl sites for hydroxylation is 1. The highest BCUT2D eigenvalue weighted by molar-refractivity contribution is 7.92. The van der Waals surface area contributed by atoms with Crippen LogP contribution in [0.15, 0.2) is 47.4 Å². The first-order chi connectivity index (χ1) is 11.0. The van der Waals surface area contributed by atoms with Crippen molar-refractivity contribution in [3.63, 3.8) is 0 Å². The molecule has 0 radical (unpaired) electrons. The number of benzene rings is 2. The van der Waals surface area contributed by atoms with Crippen molar-refractivity contribution in [2.24, 2.45) is 0 Å². The van der Waals surface area contributed by atoms with Gasteiger partial charge < -0.3 is 5.11 Å². The number of hydrogen-bond acceptors (Lipinski definition) is 3. The topological polar surface area (TPSA) is 83.5 Å². The Labute approximate surface area is 135 Å². The quantitative estimate of drug-likeness (QED) is 0.875. The van der Waals surface area contributed by atoms with E-state index in [1.165, 1.54) is 18.2 Å². The number of anilines is 1. The minimum Gasteiger partial charge on any atom is -0.478 e. The lowest BCUT2D eigenvalue weighted by Gasteiger charge is -2.12. The number of aromatic carboxylic acids is 1. The molecule has 24 heavy (non-hydrogen) atoms. The van der Waals surface area contributed by atoms with Crippen LogP contribution in [0.3, 0.4) is 0 Å². The lowest BCUT2D eigenvalue weighted by atomic mass is 10.1. The second kappa shape index (κ2) is 6.16. The first kappa shape index (κ1) is 17.8. The van der Waals surface area contributed by atoms with Gasteiger partial charge in [-0.05, 0) is 43.3 Å². The minimum atomic E-state index is -4.58. The van der Waals surface area contributed by atoms with Gasteiger partial charge in [0.05, 0.1) is 21.7 Å². The summed E-state index contributed by atoms with van der Waals surface area (Å²) in [4.78, 5) is 10.8. The second-order valence-electron chi connectivity index (χ2n) is 4.98. The normalized spacial score (nSPS) is 12.0. The van der Waals surface area contributed by atoms with Gasteiger partial charge in [-0.25, -0.2) is 13.2 Å². The summed E-state index contributed by atoms with van der Waals surface area (Å²) in [6.45, 7) is 1.64. The third-order valence-corrected chi connectivity index (χ3v) is 4.52. The Morgan fingerprint density at radius 2 is 1.67 bits per heavy atom. The first-order valence-corrected chi connectivity index (χ1v) is 8.03. The molecule has 0 heterocycles. The standard InChI is InChI=1S/C15H12F3NO4S/c1-9-2-7-13(12(8-9)14(20)21)19-24(22,23)11-5-3-10(4-6-11)15(16,17)18/h2-8,19H,1H3,(H,20,21). The molecule has 2 aromatic carbocycles. The van der Waals surface area contributed by atoms with Crippen molar-refractivity contribution in [1.29, 1.82) is 0 Å². The van der Waals surface area contributed by atoms with Gasteiger partial charge in [0.15, 0.2) is 0 Å². The molecule has 0 spiro atoms. The molecule has 9 heteroatoms. The highest BCUT2D eigenvalue weighted by Gasteiger charge is 2.30. The summed E-state index contributed by atoms with van der Waals surface area (Å²) in [6.07, 6.45) is -4.58. The molecular formula is C15H12F3NO4S. The maximum absolute atomic E-state index is 12.5. The van der Waals surface area contributed by atoms with Gasteiger partial charge in [-0.1, -0.05) is 11.6 Å². The third-order valence-electron chi connectivity index (χ3n) is 3.14. The average molecular weight is 359 g/mol. The van der Waals surface area contributed by atoms with Crippen molar-refractivity contribution in [2.45, 2.75) is 18.0 Å². The summed E-state index contributed by atoms with van der Waals surface area (Å²) < 4.78 is 64.1. The SMILES string of the molecule is Cc1ccc(NS(=O)(=O)c2ccc(C(F)(F)F)cc2)c(C(=O)O)c1. The molecule has 0 unspecified atom stereocenters. The van der Waals surface area contributed by atoms with Gasteiger partial charge in [-0.2, -0.15) is 13.2 Å². The van der Waals surface area contributed by atoms with Gasteiger partial charge in [0.1, 0.15) is 0 Å². The number of sulfonamides is 1. The van der Waals surface area contributed by atoms with Crippen LogP contribution < -0.4 is 4.72 Å². The number of alkyl halides is 3. The number of carboxylic acids is 1. The number of rotatable bonds is 4. The summed E-state index contributed by atoms with van der Waals surface area (Å²) in [7, 11) is -4.23. The Hall–Kier alpha value is -2.55. The van der Waals surface area contributed by atoms with E-state index in [2.05, 4.69) is 4.72 Å². The van der Waals surface area contributed by atoms with E-state index >= 15 is 0 Å². The van der Waals surface area contributed by atoms with Gasteiger partial charge in [0.2, 0.25) is 0 Å². The van der Waals surface area contributed by atoms with Gasteiger partial charge >= 0.3 is 12.1 Å². The van der Waals surface area contributed by atoms with Gasteiger partial charge in [0.25, 0.3) is 10.0 Å². The molecule has 0 aliphatic heterocycles. The van der Waals surface area contributed by atoms with Crippen molar-refractivity contribution in [3.8, 4) is 0 Å². The molecule has 0 saturated carbocycles. The summed E-state index contributed by atoms with van der Waals surface area (Å²) in [6, 6.07) is 6.97. The molecule has 2 rings (SSSR count). The van der Waals surface area contributed by atoms with E-state index in [1.54, 1.807) is 6.92 Å². The smallest absolute Gasteiger partial charge is 0.416 e. The predicted molar refractivity (Wildman–Crippen MR) is 80.4 cm³/mol. The first-order valence-electron chi connectivity index (χ1n) is 6.55. The molecule has 128 valence electrons. The van der Waals surface area contributed by atoms with E-state index < -0.39 is 32.6 Å². The molecule has 2 aromatic rings. The summed E-state index contributed by atoms with van der Waals surface area (Å²) in [5.41, 5.74) is -0.800. The molecule has 0 aliphatic rings. The Morgan fingerprint density at radius 3 is 2.17 bits per heavy atom. The summed E-state index contributed by atoms with van der Waals surface area (Å²) >= 11 is 0. The fourth-order valence-corrected chi connectivity index (χ4v) is 3.03. The van der Waals surface area contributed by atoms with E-state index in [0.717, 1.165) is 12.1 Å². The highest BCUT2D eigenvalue weighted by Crippen LogP contribution is 2.30. The van der Waals surface area contributed by atoms with Crippen molar-refractivity contribution in [2.75, 3.05) is 4.72 Å². The van der Waals surface area contributed by atoms with Crippen LogP contribution in [0, 0.1) is 6.92 Å². The van der Waals surface area contributed by atoms with Crippen molar-refractivity contribution in [1.82, 2.24) is 0 Å². The van der Waals surface area contributed by atoms with Crippen molar-refractivity contribution >= 4 is 21.7 Å². The average Bonchev–Trinajstić information content (AvgIpc) is 2.48. The maximum Gasteiger partial charge on any atom is 0.416 e. The zero-order valence-corrected chi connectivity index (χ0v) is 13.1. The van der Waals surface area contributed by atoms with Crippen molar-refractivity contribution < 1.29 is 31.5 Å². The molecule has 0 atom stereocenters. The molecule has 0 aromatic heterocycles. The molecular weight excluding hydrogens is 347 g/mol. The lowest BCUT2D eigenvalue weighted by molar-refractivity contribution is -0.137. The highest BCUT2D eigenvalue weighted by atomic mass is 32.2. The van der Waals surface area contributed by atoms with Crippen LogP contribution in [0.4, 0.5) is 18.9 Å². The molecule has 0 amide bonds. The summed E-state index contributed by atoms with van der Waals surface area (Å²) in [5.74, 6) is -1.33. The van der Waals surface area contributed by atoms with Crippen LogP contribution in [-0.2, 0) is 16.2 Å². The lowest BCUT2D eigenvalue weighted by Crippen LogP contribution is -2.16. The zero-order chi connectivity index (χ0) is 18.1. The molecule has 0 saturated heterocycles. The number of halogens is 3. The molecule has 0 fully saturated rings. The van der Waals surface area contributed by atoms with Crippen LogP contribution in [0.2, 0.25) is 0 Å². The number of hydrogen-bond donors (Lipinski definition) is 2.